The van der Waals surface area contributed by atoms with Crippen molar-refractivity contribution in [3.8, 4) is 6.07 Å². The molecule has 0 fully saturated rings. The maximum atomic E-state index is 12.7. The monoisotopic (exact) mass is 435 g/mol. The third-order valence-corrected chi connectivity index (χ3v) is 6.03. The van der Waals surface area contributed by atoms with Crippen LogP contribution >= 0.6 is 23.4 Å². The predicted molar refractivity (Wildman–Crippen MR) is 111 cm³/mol. The average molecular weight is 436 g/mol. The third kappa shape index (κ3) is 4.92. The first kappa shape index (κ1) is 22.8. The van der Waals surface area contributed by atoms with Gasteiger partial charge in [0.1, 0.15) is 5.92 Å². The highest BCUT2D eigenvalue weighted by Gasteiger charge is 2.45. The van der Waals surface area contributed by atoms with Gasteiger partial charge in [0, 0.05) is 24.0 Å². The van der Waals surface area contributed by atoms with Crippen molar-refractivity contribution in [2.24, 2.45) is 5.92 Å². The van der Waals surface area contributed by atoms with Crippen LogP contribution < -0.4 is 5.32 Å². The number of carbonyl (C=O) groups excluding carboxylic acids is 3. The summed E-state index contributed by atoms with van der Waals surface area (Å²) in [5.41, 5.74) is 0.648. The van der Waals surface area contributed by atoms with Crippen LogP contribution in [0.2, 0.25) is 5.02 Å². The molecule has 154 valence electrons. The Kier molecular flexibility index (Phi) is 8.11. The fourth-order valence-electron chi connectivity index (χ4n) is 3.18. The van der Waals surface area contributed by atoms with Crippen molar-refractivity contribution < 1.29 is 19.1 Å². The molecule has 0 saturated carbocycles. The van der Waals surface area contributed by atoms with Gasteiger partial charge < -0.3 is 15.0 Å². The number of ether oxygens (including phenoxy) is 1. The molecule has 0 saturated heterocycles. The van der Waals surface area contributed by atoms with Gasteiger partial charge in [-0.2, -0.15) is 5.26 Å². The molecule has 1 aromatic rings. The summed E-state index contributed by atoms with van der Waals surface area (Å²) in [4.78, 5) is 39.1. The van der Waals surface area contributed by atoms with Gasteiger partial charge in [0.2, 0.25) is 11.8 Å². The van der Waals surface area contributed by atoms with Crippen LogP contribution in [0.1, 0.15) is 25.3 Å². The summed E-state index contributed by atoms with van der Waals surface area (Å²) in [6.45, 7) is 4.89. The first-order valence-corrected chi connectivity index (χ1v) is 10.4. The highest BCUT2D eigenvalue weighted by molar-refractivity contribution is 8.03. The Morgan fingerprint density at radius 2 is 1.97 bits per heavy atom. The van der Waals surface area contributed by atoms with Crippen LogP contribution in [0, 0.1) is 17.2 Å². The minimum Gasteiger partial charge on any atom is -0.468 e. The van der Waals surface area contributed by atoms with Gasteiger partial charge in [0.05, 0.1) is 29.5 Å². The molecule has 1 aliphatic heterocycles. The number of thioether (sulfide) groups is 1. The van der Waals surface area contributed by atoms with Crippen molar-refractivity contribution >= 4 is 41.1 Å². The molecule has 1 heterocycles. The fraction of sp³-hybridized carbons (Fsp3) is 0.400. The number of hydrogen-bond donors (Lipinski definition) is 1. The number of allylic oxidation sites excluding steroid dienone is 1. The molecule has 1 aliphatic rings. The predicted octanol–water partition coefficient (Wildman–Crippen LogP) is 2.68. The number of nitrogens with zero attached hydrogens (tertiary/aromatic N) is 2. The molecular formula is C20H22ClN3O4S. The molecule has 1 N–H and O–H groups in total. The highest BCUT2D eigenvalue weighted by Crippen LogP contribution is 2.42. The zero-order valence-electron chi connectivity index (χ0n) is 16.4. The minimum absolute atomic E-state index is 0.0562. The second kappa shape index (κ2) is 10.3. The standard InChI is InChI=1S/C20H22ClN3O4S/c1-4-24(5-2)15(25)11-29-19-13(10-22)16(12-8-6-7-9-14(12)21)17(18(26)23-19)20(27)28-3/h6-9,16-17H,4-5,11H2,1-3H3,(H,23,26)/t16-,17+/m1/s1. The van der Waals surface area contributed by atoms with E-state index in [0.29, 0.717) is 23.7 Å². The number of benzene rings is 1. The van der Waals surface area contributed by atoms with E-state index in [0.717, 1.165) is 11.8 Å². The van der Waals surface area contributed by atoms with Gasteiger partial charge in [-0.05, 0) is 25.5 Å². The lowest BCUT2D eigenvalue weighted by molar-refractivity contribution is -0.150. The van der Waals surface area contributed by atoms with Crippen LogP contribution in [0.3, 0.4) is 0 Å². The molecule has 9 heteroatoms. The molecular weight excluding hydrogens is 414 g/mol. The SMILES string of the molecule is CCN(CC)C(=O)CSC1=C(C#N)[C@@H](c2ccccc2Cl)[C@H](C(=O)OC)C(=O)N1. The van der Waals surface area contributed by atoms with Gasteiger partial charge in [-0.15, -0.1) is 0 Å². The molecule has 0 aromatic heterocycles. The third-order valence-electron chi connectivity index (χ3n) is 4.68. The Hall–Kier alpha value is -2.50. The van der Waals surface area contributed by atoms with E-state index in [4.69, 9.17) is 16.3 Å². The van der Waals surface area contributed by atoms with Crippen LogP contribution in [0.25, 0.3) is 0 Å². The Morgan fingerprint density at radius 1 is 1.31 bits per heavy atom. The van der Waals surface area contributed by atoms with E-state index in [1.54, 1.807) is 29.2 Å². The number of nitrogens with one attached hydrogen (secondary N) is 1. The van der Waals surface area contributed by atoms with Gasteiger partial charge in [0.15, 0.2) is 0 Å². The molecule has 0 bridgehead atoms. The van der Waals surface area contributed by atoms with E-state index in [1.165, 1.54) is 7.11 Å². The number of halogens is 1. The normalized spacial score (nSPS) is 18.7. The Labute approximate surface area is 179 Å². The molecule has 2 amide bonds. The van der Waals surface area contributed by atoms with Crippen LogP contribution in [0.4, 0.5) is 0 Å². The minimum atomic E-state index is -1.25. The van der Waals surface area contributed by atoms with E-state index in [9.17, 15) is 19.6 Å². The molecule has 0 aliphatic carbocycles. The first-order valence-electron chi connectivity index (χ1n) is 9.07. The van der Waals surface area contributed by atoms with Crippen molar-refractivity contribution in [2.45, 2.75) is 19.8 Å². The summed E-state index contributed by atoms with van der Waals surface area (Å²) in [6, 6.07) is 8.82. The van der Waals surface area contributed by atoms with Gasteiger partial charge in [-0.1, -0.05) is 41.6 Å². The summed E-state index contributed by atoms with van der Waals surface area (Å²) >= 11 is 7.38. The van der Waals surface area contributed by atoms with Crippen molar-refractivity contribution in [1.82, 2.24) is 10.2 Å². The number of hydrogen-bond acceptors (Lipinski definition) is 6. The quantitative estimate of drug-likeness (QED) is 0.522. The number of esters is 1. The lowest BCUT2D eigenvalue weighted by Crippen LogP contribution is -2.44. The summed E-state index contributed by atoms with van der Waals surface area (Å²) in [6.07, 6.45) is 0. The van der Waals surface area contributed by atoms with E-state index >= 15 is 0 Å². The smallest absolute Gasteiger partial charge is 0.319 e. The van der Waals surface area contributed by atoms with E-state index in [2.05, 4.69) is 11.4 Å². The maximum Gasteiger partial charge on any atom is 0.319 e. The van der Waals surface area contributed by atoms with Crippen molar-refractivity contribution in [3.63, 3.8) is 0 Å². The van der Waals surface area contributed by atoms with Crippen LogP contribution in [-0.4, -0.2) is 48.6 Å². The molecule has 29 heavy (non-hydrogen) atoms. The van der Waals surface area contributed by atoms with Gasteiger partial charge in [-0.3, -0.25) is 14.4 Å². The van der Waals surface area contributed by atoms with E-state index in [1.807, 2.05) is 13.8 Å². The van der Waals surface area contributed by atoms with Crippen LogP contribution in [0.15, 0.2) is 34.9 Å². The highest BCUT2D eigenvalue weighted by atomic mass is 35.5. The molecule has 0 radical (unpaired) electrons. The molecule has 7 nitrogen and oxygen atoms in total. The summed E-state index contributed by atoms with van der Waals surface area (Å²) in [5.74, 6) is -3.57. The Bertz CT molecular complexity index is 877. The first-order chi connectivity index (χ1) is 13.9. The summed E-state index contributed by atoms with van der Waals surface area (Å²) in [5, 5.41) is 13.0. The number of rotatable bonds is 7. The molecule has 2 rings (SSSR count). The maximum absolute atomic E-state index is 12.7. The molecule has 2 atom stereocenters. The lowest BCUT2D eigenvalue weighted by atomic mass is 9.78. The fourth-order valence-corrected chi connectivity index (χ4v) is 4.39. The second-order valence-corrected chi connectivity index (χ2v) is 7.59. The van der Waals surface area contributed by atoms with Crippen LogP contribution in [-0.2, 0) is 19.1 Å². The number of methoxy groups -OCH3 is 1. The van der Waals surface area contributed by atoms with Crippen molar-refractivity contribution in [1.29, 1.82) is 5.26 Å². The molecule has 0 spiro atoms. The lowest BCUT2D eigenvalue weighted by Gasteiger charge is -2.31. The summed E-state index contributed by atoms with van der Waals surface area (Å²) < 4.78 is 4.80. The van der Waals surface area contributed by atoms with Gasteiger partial charge in [0.25, 0.3) is 0 Å². The van der Waals surface area contributed by atoms with E-state index < -0.39 is 23.7 Å². The molecule has 0 unspecified atom stereocenters. The van der Waals surface area contributed by atoms with Gasteiger partial charge in [-0.25, -0.2) is 0 Å². The van der Waals surface area contributed by atoms with Crippen LogP contribution in [0.5, 0.6) is 0 Å². The van der Waals surface area contributed by atoms with Gasteiger partial charge >= 0.3 is 5.97 Å². The molecule has 1 aromatic carbocycles. The average Bonchev–Trinajstić information content (AvgIpc) is 2.72. The summed E-state index contributed by atoms with van der Waals surface area (Å²) in [7, 11) is 1.18. The van der Waals surface area contributed by atoms with Crippen molar-refractivity contribution in [3.05, 3.63) is 45.5 Å². The zero-order valence-corrected chi connectivity index (χ0v) is 18.0. The Morgan fingerprint density at radius 3 is 2.52 bits per heavy atom. The Balaban J connectivity index is 2.49. The zero-order chi connectivity index (χ0) is 21.6. The second-order valence-electron chi connectivity index (χ2n) is 6.20. The van der Waals surface area contributed by atoms with E-state index in [-0.39, 0.29) is 22.3 Å². The number of nitriles is 1. The number of amides is 2. The number of carbonyl (C=O) groups is 3. The topological polar surface area (TPSA) is 99.5 Å². The van der Waals surface area contributed by atoms with Crippen molar-refractivity contribution in [2.75, 3.05) is 26.0 Å². The largest absolute Gasteiger partial charge is 0.468 e.